The lowest BCUT2D eigenvalue weighted by atomic mass is 10.1. The summed E-state index contributed by atoms with van der Waals surface area (Å²) < 4.78 is 39.3. The molecule has 0 bridgehead atoms. The van der Waals surface area contributed by atoms with Crippen LogP contribution in [0.3, 0.4) is 0 Å². The van der Waals surface area contributed by atoms with E-state index in [-0.39, 0.29) is 16.5 Å². The van der Waals surface area contributed by atoms with Crippen LogP contribution in [0.1, 0.15) is 17.5 Å². The van der Waals surface area contributed by atoms with Crippen LogP contribution in [-0.2, 0) is 12.3 Å². The highest BCUT2D eigenvalue weighted by molar-refractivity contribution is 9.10. The number of hydrogen-bond acceptors (Lipinski definition) is 0. The fraction of sp³-hybridized carbons (Fsp3) is 0.333. The van der Waals surface area contributed by atoms with E-state index in [0.29, 0.717) is 12.0 Å². The van der Waals surface area contributed by atoms with Gasteiger partial charge in [0.2, 0.25) is 0 Å². The highest BCUT2D eigenvalue weighted by Gasteiger charge is 2.39. The van der Waals surface area contributed by atoms with E-state index in [1.807, 2.05) is 0 Å². The summed E-state index contributed by atoms with van der Waals surface area (Å²) in [7, 11) is 0. The monoisotopic (exact) mass is 250 g/mol. The number of hydrogen-bond donors (Lipinski definition) is 0. The van der Waals surface area contributed by atoms with Crippen molar-refractivity contribution in [1.29, 1.82) is 0 Å². The quantitative estimate of drug-likeness (QED) is 0.660. The van der Waals surface area contributed by atoms with Gasteiger partial charge in [-0.15, -0.1) is 0 Å². The average molecular weight is 251 g/mol. The van der Waals surface area contributed by atoms with E-state index in [1.54, 1.807) is 0 Å². The van der Waals surface area contributed by atoms with Crippen LogP contribution in [0.15, 0.2) is 16.6 Å². The fourth-order valence-corrected chi connectivity index (χ4v) is 1.95. The van der Waals surface area contributed by atoms with E-state index in [2.05, 4.69) is 15.9 Å². The Morgan fingerprint density at radius 2 is 2.00 bits per heavy atom. The summed E-state index contributed by atoms with van der Waals surface area (Å²) in [6, 6.07) is 2.36. The molecule has 0 radical (unpaired) electrons. The first-order valence-electron chi connectivity index (χ1n) is 3.87. The Hall–Kier alpha value is -0.510. The van der Waals surface area contributed by atoms with Gasteiger partial charge in [0, 0.05) is 12.0 Å². The Labute approximate surface area is 81.9 Å². The molecule has 4 heteroatoms. The lowest BCUT2D eigenvalue weighted by Gasteiger charge is -2.09. The predicted molar refractivity (Wildman–Crippen MR) is 46.3 cm³/mol. The first-order valence-corrected chi connectivity index (χ1v) is 4.66. The van der Waals surface area contributed by atoms with Crippen LogP contribution in [-0.4, -0.2) is 0 Å². The van der Waals surface area contributed by atoms with Crippen molar-refractivity contribution in [3.05, 3.63) is 33.5 Å². The zero-order valence-corrected chi connectivity index (χ0v) is 8.17. The van der Waals surface area contributed by atoms with Gasteiger partial charge < -0.3 is 0 Å². The molecule has 0 heterocycles. The average Bonchev–Trinajstić information content (AvgIpc) is 2.31. The number of aryl methyl sites for hydroxylation is 1. The Bertz CT molecular complexity index is 360. The summed E-state index contributed by atoms with van der Waals surface area (Å²) in [5.74, 6) is -3.48. The Morgan fingerprint density at radius 1 is 1.31 bits per heavy atom. The third kappa shape index (κ3) is 1.37. The Balaban J connectivity index is 2.61. The molecule has 0 spiro atoms. The number of alkyl halides is 2. The van der Waals surface area contributed by atoms with Crippen molar-refractivity contribution >= 4 is 15.9 Å². The number of rotatable bonds is 0. The minimum atomic E-state index is -2.85. The highest BCUT2D eigenvalue weighted by atomic mass is 79.9. The third-order valence-electron chi connectivity index (χ3n) is 2.25. The summed E-state index contributed by atoms with van der Waals surface area (Å²) in [6.07, 6.45) is 0.111. The molecule has 1 aromatic rings. The summed E-state index contributed by atoms with van der Waals surface area (Å²) in [4.78, 5) is 0. The summed E-state index contributed by atoms with van der Waals surface area (Å²) in [5.41, 5.74) is 0.381. The van der Waals surface area contributed by atoms with Crippen LogP contribution in [0.25, 0.3) is 0 Å². The molecule has 0 atom stereocenters. The second kappa shape index (κ2) is 2.74. The minimum absolute atomic E-state index is 0.159. The van der Waals surface area contributed by atoms with E-state index >= 15 is 0 Å². The lowest BCUT2D eigenvalue weighted by Crippen LogP contribution is -2.07. The van der Waals surface area contributed by atoms with Crippen molar-refractivity contribution < 1.29 is 13.2 Å². The molecule has 0 saturated heterocycles. The second-order valence-corrected chi connectivity index (χ2v) is 3.98. The molecule has 13 heavy (non-hydrogen) atoms. The molecule has 0 saturated carbocycles. The van der Waals surface area contributed by atoms with E-state index in [9.17, 15) is 13.2 Å². The number of fused-ring (bicyclic) bond motifs is 1. The molecule has 0 N–H and O–H groups in total. The molecule has 1 aliphatic carbocycles. The van der Waals surface area contributed by atoms with Gasteiger partial charge in [0.05, 0.1) is 4.47 Å². The molecule has 70 valence electrons. The van der Waals surface area contributed by atoms with Gasteiger partial charge in [-0.1, -0.05) is 0 Å². The summed E-state index contributed by atoms with van der Waals surface area (Å²) >= 11 is 2.97. The highest BCUT2D eigenvalue weighted by Crippen LogP contribution is 2.42. The van der Waals surface area contributed by atoms with Crippen LogP contribution >= 0.6 is 15.9 Å². The lowest BCUT2D eigenvalue weighted by molar-refractivity contribution is -0.00209. The maximum absolute atomic E-state index is 13.1. The SMILES string of the molecule is Fc1cc2c(cc1Br)CCC2(F)F. The van der Waals surface area contributed by atoms with Crippen molar-refractivity contribution in [2.24, 2.45) is 0 Å². The van der Waals surface area contributed by atoms with Crippen LogP contribution in [0, 0.1) is 5.82 Å². The van der Waals surface area contributed by atoms with Gasteiger partial charge in [-0.3, -0.25) is 0 Å². The molecular weight excluding hydrogens is 245 g/mol. The normalized spacial score (nSPS) is 18.8. The molecule has 0 amide bonds. The van der Waals surface area contributed by atoms with Gasteiger partial charge in [0.1, 0.15) is 5.82 Å². The molecule has 2 rings (SSSR count). The second-order valence-electron chi connectivity index (χ2n) is 3.13. The zero-order valence-electron chi connectivity index (χ0n) is 6.58. The van der Waals surface area contributed by atoms with Crippen LogP contribution in [0.4, 0.5) is 13.2 Å². The largest absolute Gasteiger partial charge is 0.273 e. The summed E-state index contributed by atoms with van der Waals surface area (Å²) in [5, 5.41) is 0. The van der Waals surface area contributed by atoms with Crippen molar-refractivity contribution in [3.63, 3.8) is 0 Å². The minimum Gasteiger partial charge on any atom is -0.206 e. The van der Waals surface area contributed by atoms with Crippen molar-refractivity contribution in [3.8, 4) is 0 Å². The van der Waals surface area contributed by atoms with Crippen molar-refractivity contribution in [2.75, 3.05) is 0 Å². The van der Waals surface area contributed by atoms with E-state index in [4.69, 9.17) is 0 Å². The van der Waals surface area contributed by atoms with E-state index < -0.39 is 11.7 Å². The molecule has 0 aliphatic heterocycles. The summed E-state index contributed by atoms with van der Waals surface area (Å²) in [6.45, 7) is 0. The Morgan fingerprint density at radius 3 is 2.69 bits per heavy atom. The smallest absolute Gasteiger partial charge is 0.206 e. The van der Waals surface area contributed by atoms with E-state index in [0.717, 1.165) is 6.07 Å². The maximum Gasteiger partial charge on any atom is 0.273 e. The van der Waals surface area contributed by atoms with Crippen LogP contribution in [0.5, 0.6) is 0 Å². The first-order chi connectivity index (χ1) is 6.00. The predicted octanol–water partition coefficient (Wildman–Crippen LogP) is 3.63. The molecule has 0 unspecified atom stereocenters. The molecule has 0 nitrogen and oxygen atoms in total. The Kier molecular flexibility index (Phi) is 1.91. The third-order valence-corrected chi connectivity index (χ3v) is 2.86. The van der Waals surface area contributed by atoms with Crippen LogP contribution in [0.2, 0.25) is 0 Å². The van der Waals surface area contributed by atoms with E-state index in [1.165, 1.54) is 6.07 Å². The van der Waals surface area contributed by atoms with Crippen molar-refractivity contribution in [2.45, 2.75) is 18.8 Å². The van der Waals surface area contributed by atoms with Gasteiger partial charge in [-0.2, -0.15) is 0 Å². The number of halogens is 4. The van der Waals surface area contributed by atoms with Gasteiger partial charge >= 0.3 is 0 Å². The van der Waals surface area contributed by atoms with Crippen LogP contribution < -0.4 is 0 Å². The molecule has 1 aromatic carbocycles. The fourth-order valence-electron chi connectivity index (χ4n) is 1.56. The van der Waals surface area contributed by atoms with Gasteiger partial charge in [-0.05, 0) is 40.0 Å². The standard InChI is InChI=1S/C9H6BrF3/c10-7-3-5-1-2-9(12,13)6(5)4-8(7)11/h3-4H,1-2H2. The van der Waals surface area contributed by atoms with Gasteiger partial charge in [-0.25, -0.2) is 13.2 Å². The first kappa shape index (κ1) is 9.06. The molecule has 0 fully saturated rings. The van der Waals surface area contributed by atoms with Gasteiger partial charge in [0.15, 0.2) is 0 Å². The zero-order chi connectivity index (χ0) is 9.64. The molecule has 0 aromatic heterocycles. The molecular formula is C9H6BrF3. The number of benzene rings is 1. The van der Waals surface area contributed by atoms with Crippen molar-refractivity contribution in [1.82, 2.24) is 0 Å². The van der Waals surface area contributed by atoms with Gasteiger partial charge in [0.25, 0.3) is 5.92 Å². The maximum atomic E-state index is 13.1. The topological polar surface area (TPSA) is 0 Å². The molecule has 1 aliphatic rings.